The van der Waals surface area contributed by atoms with E-state index in [9.17, 15) is 4.79 Å². The molecular weight excluding hydrogens is 820 g/mol. The second-order valence-electron chi connectivity index (χ2n) is 11.4. The van der Waals surface area contributed by atoms with Gasteiger partial charge in [0, 0.05) is 0 Å². The molecule has 0 atom stereocenters. The fourth-order valence-electron chi connectivity index (χ4n) is 6.36. The van der Waals surface area contributed by atoms with Gasteiger partial charge in [0.1, 0.15) is 0 Å². The van der Waals surface area contributed by atoms with E-state index in [2.05, 4.69) is 127 Å². The van der Waals surface area contributed by atoms with Crippen molar-refractivity contribution in [3.63, 3.8) is 0 Å². The zero-order valence-corrected chi connectivity index (χ0v) is 32.7. The first-order chi connectivity index (χ1) is 23.7. The standard InChI is InChI=1S/C6H5NO2S.6C6H5.2Sn/c8-6(9)4-2-1-3-7-5(4)10;6*1-2-4-6-5-3-1;;/h1-3H,(H,7,10)(H,8,9);6*1-5H;;/q;;;;;;;2*+1/p-2. The number of carbonyl (C=O) groups is 1. The molecule has 1 aromatic heterocycles. The Morgan fingerprint density at radius 1 is 0.438 bits per heavy atom. The average Bonchev–Trinajstić information content (AvgIpc) is 3.18. The molecule has 0 fully saturated rings. The monoisotopic (exact) mass is 855 g/mol. The number of rotatable bonds is 10. The quantitative estimate of drug-likeness (QED) is 0.167. The Balaban J connectivity index is 1.40. The summed E-state index contributed by atoms with van der Waals surface area (Å²) < 4.78 is 14.2. The maximum atomic E-state index is 14.9. The molecule has 6 aromatic carbocycles. The first kappa shape index (κ1) is 32.4. The first-order valence-electron chi connectivity index (χ1n) is 15.9. The van der Waals surface area contributed by atoms with Crippen LogP contribution in [-0.4, -0.2) is 46.7 Å². The molecular formula is C42H33NO2SSn2. The molecule has 0 N–H and O–H groups in total. The van der Waals surface area contributed by atoms with Crippen molar-refractivity contribution >= 4 is 72.2 Å². The summed E-state index contributed by atoms with van der Waals surface area (Å²) in [6, 6.07) is 67.0. The van der Waals surface area contributed by atoms with Gasteiger partial charge in [-0.25, -0.2) is 0 Å². The average molecular weight is 853 g/mol. The van der Waals surface area contributed by atoms with E-state index in [1.807, 2.05) is 66.7 Å². The van der Waals surface area contributed by atoms with E-state index in [0.717, 1.165) is 10.7 Å². The molecule has 48 heavy (non-hydrogen) atoms. The predicted octanol–water partition coefficient (Wildman–Crippen LogP) is 5.66. The third-order valence-corrected chi connectivity index (χ3v) is 39.4. The van der Waals surface area contributed by atoms with E-state index in [-0.39, 0.29) is 5.97 Å². The van der Waals surface area contributed by atoms with E-state index in [1.54, 1.807) is 15.1 Å². The van der Waals surface area contributed by atoms with Gasteiger partial charge in [0.2, 0.25) is 0 Å². The fourth-order valence-corrected chi connectivity index (χ4v) is 36.2. The Labute approximate surface area is 293 Å². The summed E-state index contributed by atoms with van der Waals surface area (Å²) in [5, 5.41) is 0.698. The molecule has 0 unspecified atom stereocenters. The molecule has 0 saturated heterocycles. The molecule has 7 rings (SSSR count). The molecule has 0 aliphatic carbocycles. The summed E-state index contributed by atoms with van der Waals surface area (Å²) in [6.07, 6.45) is 1.79. The summed E-state index contributed by atoms with van der Waals surface area (Å²) in [5.74, 6) is -0.340. The van der Waals surface area contributed by atoms with Gasteiger partial charge in [-0.2, -0.15) is 0 Å². The fraction of sp³-hybridized carbons (Fsp3) is 0. The van der Waals surface area contributed by atoms with Gasteiger partial charge < -0.3 is 0 Å². The van der Waals surface area contributed by atoms with Crippen LogP contribution >= 0.6 is 8.95 Å². The molecule has 0 aliphatic rings. The molecule has 0 saturated carbocycles. The molecule has 6 heteroatoms. The van der Waals surface area contributed by atoms with E-state index in [0.29, 0.717) is 10.6 Å². The SMILES string of the molecule is O=C([O][Sn]([c]1ccccc1)([c]1ccccc1)[c]1ccccc1)c1cccnc1[S][Sn]([c]1ccccc1)([c]1ccccc1)[c]1ccccc1. The van der Waals surface area contributed by atoms with E-state index in [1.165, 1.54) is 10.7 Å². The van der Waals surface area contributed by atoms with Crippen LogP contribution in [0.25, 0.3) is 0 Å². The topological polar surface area (TPSA) is 39.2 Å². The third kappa shape index (κ3) is 6.37. The Hall–Kier alpha value is -4.11. The number of pyridine rings is 1. The van der Waals surface area contributed by atoms with Gasteiger partial charge in [0.15, 0.2) is 0 Å². The Morgan fingerprint density at radius 3 is 1.12 bits per heavy atom. The first-order valence-corrected chi connectivity index (χ1v) is 30.0. The number of carbonyl (C=O) groups excluding carboxylic acids is 1. The van der Waals surface area contributed by atoms with Crippen molar-refractivity contribution in [1.29, 1.82) is 0 Å². The molecule has 1 heterocycles. The van der Waals surface area contributed by atoms with Crippen LogP contribution in [0.2, 0.25) is 0 Å². The van der Waals surface area contributed by atoms with E-state index >= 15 is 0 Å². The number of benzene rings is 6. The van der Waals surface area contributed by atoms with Gasteiger partial charge in [0.25, 0.3) is 0 Å². The Kier molecular flexibility index (Phi) is 10.1. The van der Waals surface area contributed by atoms with Crippen LogP contribution in [0.5, 0.6) is 0 Å². The molecule has 0 aliphatic heterocycles. The van der Waals surface area contributed by atoms with Crippen molar-refractivity contribution in [3.05, 3.63) is 206 Å². The molecule has 0 bridgehead atoms. The minimum atomic E-state index is -4.40. The van der Waals surface area contributed by atoms with Crippen LogP contribution < -0.4 is 21.5 Å². The summed E-state index contributed by atoms with van der Waals surface area (Å²) >= 11 is -8.31. The molecule has 7 aromatic rings. The Morgan fingerprint density at radius 2 is 0.771 bits per heavy atom. The van der Waals surface area contributed by atoms with Crippen molar-refractivity contribution in [1.82, 2.24) is 4.98 Å². The van der Waals surface area contributed by atoms with Crippen LogP contribution in [0.3, 0.4) is 0 Å². The maximum absolute atomic E-state index is 14.9. The van der Waals surface area contributed by atoms with Crippen LogP contribution in [0, 0.1) is 0 Å². The van der Waals surface area contributed by atoms with Crippen LogP contribution in [-0.2, 0) is 3.07 Å². The van der Waals surface area contributed by atoms with Gasteiger partial charge in [-0.3, -0.25) is 0 Å². The van der Waals surface area contributed by atoms with E-state index in [4.69, 9.17) is 8.06 Å². The number of nitrogens with zero attached hydrogens (tertiary/aromatic N) is 1. The molecule has 0 radical (unpaired) electrons. The van der Waals surface area contributed by atoms with Crippen molar-refractivity contribution < 1.29 is 7.87 Å². The number of hydrogen-bond acceptors (Lipinski definition) is 4. The summed E-state index contributed by atoms with van der Waals surface area (Å²) in [5.41, 5.74) is 0.496. The minimum absolute atomic E-state index is 0.340. The molecule has 3 nitrogen and oxygen atoms in total. The normalized spacial score (nSPS) is 11.5. The third-order valence-electron chi connectivity index (χ3n) is 8.57. The van der Waals surface area contributed by atoms with Crippen LogP contribution in [0.1, 0.15) is 10.4 Å². The Bertz CT molecular complexity index is 1890. The second kappa shape index (κ2) is 15.0. The molecule has 232 valence electrons. The second-order valence-corrected chi connectivity index (χ2v) is 36.1. The zero-order chi connectivity index (χ0) is 32.7. The van der Waals surface area contributed by atoms with Crippen molar-refractivity contribution in [2.24, 2.45) is 0 Å². The van der Waals surface area contributed by atoms with Gasteiger partial charge in [-0.15, -0.1) is 0 Å². The molecule has 0 spiro atoms. The number of hydrogen-bond donors (Lipinski definition) is 0. The van der Waals surface area contributed by atoms with Gasteiger partial charge >= 0.3 is 296 Å². The molecule has 0 amide bonds. The number of aromatic nitrogens is 1. The van der Waals surface area contributed by atoms with Crippen LogP contribution in [0.4, 0.5) is 0 Å². The van der Waals surface area contributed by atoms with Gasteiger partial charge in [0.05, 0.1) is 0 Å². The van der Waals surface area contributed by atoms with Crippen molar-refractivity contribution in [2.45, 2.75) is 5.03 Å². The van der Waals surface area contributed by atoms with Gasteiger partial charge in [-0.05, 0) is 0 Å². The summed E-state index contributed by atoms with van der Waals surface area (Å²) in [6.45, 7) is 0. The van der Waals surface area contributed by atoms with Crippen LogP contribution in [0.15, 0.2) is 205 Å². The van der Waals surface area contributed by atoms with Gasteiger partial charge in [-0.1, -0.05) is 0 Å². The summed E-state index contributed by atoms with van der Waals surface area (Å²) in [7, 11) is 1.79. The van der Waals surface area contributed by atoms with E-state index < -0.39 is 35.8 Å². The van der Waals surface area contributed by atoms with Crippen molar-refractivity contribution in [2.75, 3.05) is 0 Å². The summed E-state index contributed by atoms with van der Waals surface area (Å²) in [4.78, 5) is 19.8. The van der Waals surface area contributed by atoms with Crippen molar-refractivity contribution in [3.8, 4) is 0 Å². The predicted molar refractivity (Wildman–Crippen MR) is 203 cm³/mol. The zero-order valence-electron chi connectivity index (χ0n) is 26.2.